The zero-order chi connectivity index (χ0) is 15.3. The lowest BCUT2D eigenvalue weighted by Crippen LogP contribution is -2.44. The minimum atomic E-state index is -0.596. The van der Waals surface area contributed by atoms with Crippen LogP contribution in [0.15, 0.2) is 24.3 Å². The normalized spacial score (nSPS) is 12.7. The van der Waals surface area contributed by atoms with Gasteiger partial charge in [0.1, 0.15) is 11.9 Å². The summed E-state index contributed by atoms with van der Waals surface area (Å²) < 4.78 is 5.40. The van der Waals surface area contributed by atoms with Crippen LogP contribution in [0.1, 0.15) is 39.7 Å². The maximum absolute atomic E-state index is 12.3. The summed E-state index contributed by atoms with van der Waals surface area (Å²) in [5, 5.41) is 0. The van der Waals surface area contributed by atoms with Gasteiger partial charge in [-0.05, 0) is 46.2 Å². The highest BCUT2D eigenvalue weighted by Crippen LogP contribution is 2.22. The summed E-state index contributed by atoms with van der Waals surface area (Å²) in [6.07, 6.45) is 0.820. The summed E-state index contributed by atoms with van der Waals surface area (Å²) in [4.78, 5) is 25.0. The third-order valence-electron chi connectivity index (χ3n) is 2.81. The Balaban J connectivity index is 3.11. The highest BCUT2D eigenvalue weighted by Gasteiger charge is 2.28. The minimum Gasteiger partial charge on any atom is -0.443 e. The molecule has 0 radical (unpaired) electrons. The van der Waals surface area contributed by atoms with Gasteiger partial charge >= 0.3 is 6.09 Å². The van der Waals surface area contributed by atoms with Crippen LogP contribution < -0.4 is 4.90 Å². The highest BCUT2D eigenvalue weighted by atomic mass is 16.6. The first-order valence-electron chi connectivity index (χ1n) is 6.82. The molecule has 0 heterocycles. The van der Waals surface area contributed by atoms with Crippen molar-refractivity contribution < 1.29 is 14.3 Å². The smallest absolute Gasteiger partial charge is 0.415 e. The molecule has 20 heavy (non-hydrogen) atoms. The number of ether oxygens (including phenoxy) is 1. The van der Waals surface area contributed by atoms with Crippen molar-refractivity contribution in [1.82, 2.24) is 0 Å². The first-order chi connectivity index (χ1) is 9.28. The molecule has 1 rings (SSSR count). The lowest BCUT2D eigenvalue weighted by Gasteiger charge is -2.30. The van der Waals surface area contributed by atoms with Crippen LogP contribution in [0.5, 0.6) is 0 Å². The third-order valence-corrected chi connectivity index (χ3v) is 2.81. The molecule has 1 amide bonds. The van der Waals surface area contributed by atoms with Crippen LogP contribution in [0, 0.1) is 6.92 Å². The van der Waals surface area contributed by atoms with Gasteiger partial charge in [-0.25, -0.2) is 4.79 Å². The van der Waals surface area contributed by atoms with Crippen LogP contribution in [0.3, 0.4) is 0 Å². The molecule has 0 N–H and O–H groups in total. The van der Waals surface area contributed by atoms with E-state index in [4.69, 9.17) is 4.74 Å². The number of rotatable bonds is 4. The first kappa shape index (κ1) is 16.2. The Morgan fingerprint density at radius 1 is 1.30 bits per heavy atom. The minimum absolute atomic E-state index is 0.500. The Bertz CT molecular complexity index is 460. The largest absolute Gasteiger partial charge is 0.443 e. The van der Waals surface area contributed by atoms with Crippen molar-refractivity contribution in [3.8, 4) is 0 Å². The average Bonchev–Trinajstić information content (AvgIpc) is 2.35. The Labute approximate surface area is 120 Å². The summed E-state index contributed by atoms with van der Waals surface area (Å²) in [6, 6.07) is 6.94. The number of aldehydes is 1. The molecular formula is C16H23NO3. The molecule has 0 spiro atoms. The second kappa shape index (κ2) is 6.55. The van der Waals surface area contributed by atoms with E-state index in [0.717, 1.165) is 11.8 Å². The summed E-state index contributed by atoms with van der Waals surface area (Å²) >= 11 is 0. The Morgan fingerprint density at radius 2 is 1.85 bits per heavy atom. The van der Waals surface area contributed by atoms with Crippen LogP contribution in [-0.2, 0) is 9.53 Å². The maximum atomic E-state index is 12.3. The standard InChI is InChI=1S/C16H23NO3/c1-6-13(11-18)17(15(19)20-16(3,4)5)14-9-7-12(2)8-10-14/h7-11,13H,6H2,1-5H3. The van der Waals surface area contributed by atoms with Crippen LogP contribution in [0.2, 0.25) is 0 Å². The SMILES string of the molecule is CCC(C=O)N(C(=O)OC(C)(C)C)c1ccc(C)cc1. The monoisotopic (exact) mass is 277 g/mol. The third kappa shape index (κ3) is 4.37. The number of benzene rings is 1. The Hall–Kier alpha value is -1.84. The van der Waals surface area contributed by atoms with Crippen molar-refractivity contribution in [2.45, 2.75) is 52.7 Å². The number of carbonyl (C=O) groups excluding carboxylic acids is 2. The van der Waals surface area contributed by atoms with E-state index in [1.54, 1.807) is 20.8 Å². The molecule has 0 aliphatic heterocycles. The quantitative estimate of drug-likeness (QED) is 0.788. The molecule has 0 aromatic heterocycles. The van der Waals surface area contributed by atoms with E-state index in [9.17, 15) is 9.59 Å². The van der Waals surface area contributed by atoms with Crippen LogP contribution in [0.25, 0.3) is 0 Å². The number of hydrogen-bond acceptors (Lipinski definition) is 3. The molecule has 0 saturated carbocycles. The lowest BCUT2D eigenvalue weighted by atomic mass is 10.1. The van der Waals surface area contributed by atoms with E-state index in [1.165, 1.54) is 4.90 Å². The number of anilines is 1. The number of aryl methyl sites for hydroxylation is 1. The molecule has 0 saturated heterocycles. The maximum Gasteiger partial charge on any atom is 0.415 e. The van der Waals surface area contributed by atoms with Gasteiger partial charge in [-0.1, -0.05) is 24.6 Å². The zero-order valence-electron chi connectivity index (χ0n) is 12.8. The van der Waals surface area contributed by atoms with Gasteiger partial charge in [-0.15, -0.1) is 0 Å². The van der Waals surface area contributed by atoms with Crippen molar-refractivity contribution in [3.05, 3.63) is 29.8 Å². The predicted molar refractivity (Wildman–Crippen MR) is 80.0 cm³/mol. The second-order valence-corrected chi connectivity index (χ2v) is 5.80. The van der Waals surface area contributed by atoms with Crippen molar-refractivity contribution in [1.29, 1.82) is 0 Å². The summed E-state index contributed by atoms with van der Waals surface area (Å²) in [5.41, 5.74) is 1.17. The van der Waals surface area contributed by atoms with Gasteiger partial charge in [-0.2, -0.15) is 0 Å². The van der Waals surface area contributed by atoms with Crippen LogP contribution in [-0.4, -0.2) is 24.0 Å². The molecule has 1 aromatic carbocycles. The molecule has 1 aromatic rings. The molecule has 0 aliphatic rings. The predicted octanol–water partition coefficient (Wildman–Crippen LogP) is 3.71. The van der Waals surface area contributed by atoms with Gasteiger partial charge in [-0.3, -0.25) is 4.90 Å². The van der Waals surface area contributed by atoms with Crippen LogP contribution >= 0.6 is 0 Å². The van der Waals surface area contributed by atoms with Crippen molar-refractivity contribution in [2.75, 3.05) is 4.90 Å². The van der Waals surface area contributed by atoms with E-state index >= 15 is 0 Å². The van der Waals surface area contributed by atoms with Gasteiger partial charge in [0, 0.05) is 5.69 Å². The Kier molecular flexibility index (Phi) is 5.31. The van der Waals surface area contributed by atoms with Gasteiger partial charge in [0.25, 0.3) is 0 Å². The first-order valence-corrected chi connectivity index (χ1v) is 6.82. The topological polar surface area (TPSA) is 46.6 Å². The van der Waals surface area contributed by atoms with Gasteiger partial charge in [0.05, 0.1) is 6.04 Å². The molecule has 1 unspecified atom stereocenters. The van der Waals surface area contributed by atoms with Crippen molar-refractivity contribution >= 4 is 18.1 Å². The molecule has 4 heteroatoms. The molecule has 0 bridgehead atoms. The molecule has 110 valence electrons. The van der Waals surface area contributed by atoms with Crippen LogP contribution in [0.4, 0.5) is 10.5 Å². The van der Waals surface area contributed by atoms with Gasteiger partial charge < -0.3 is 9.53 Å². The fraction of sp³-hybridized carbons (Fsp3) is 0.500. The fourth-order valence-corrected chi connectivity index (χ4v) is 1.79. The lowest BCUT2D eigenvalue weighted by molar-refractivity contribution is -0.109. The zero-order valence-corrected chi connectivity index (χ0v) is 12.8. The summed E-state index contributed by atoms with van der Waals surface area (Å²) in [6.45, 7) is 9.25. The molecule has 0 aliphatic carbocycles. The highest BCUT2D eigenvalue weighted by molar-refractivity contribution is 5.92. The molecule has 1 atom stereocenters. The van der Waals surface area contributed by atoms with Crippen molar-refractivity contribution in [3.63, 3.8) is 0 Å². The van der Waals surface area contributed by atoms with E-state index < -0.39 is 17.7 Å². The number of nitrogens with zero attached hydrogens (tertiary/aromatic N) is 1. The molecular weight excluding hydrogens is 254 g/mol. The second-order valence-electron chi connectivity index (χ2n) is 5.80. The van der Waals surface area contributed by atoms with Gasteiger partial charge in [0.2, 0.25) is 0 Å². The number of carbonyl (C=O) groups is 2. The average molecular weight is 277 g/mol. The number of hydrogen-bond donors (Lipinski definition) is 0. The summed E-state index contributed by atoms with van der Waals surface area (Å²) in [5.74, 6) is 0. The Morgan fingerprint density at radius 3 is 2.25 bits per heavy atom. The van der Waals surface area contributed by atoms with E-state index in [0.29, 0.717) is 12.1 Å². The van der Waals surface area contributed by atoms with E-state index in [-0.39, 0.29) is 0 Å². The van der Waals surface area contributed by atoms with Gasteiger partial charge in [0.15, 0.2) is 0 Å². The number of amides is 1. The molecule has 0 fully saturated rings. The van der Waals surface area contributed by atoms with Crippen molar-refractivity contribution in [2.24, 2.45) is 0 Å². The molecule has 4 nitrogen and oxygen atoms in total. The fourth-order valence-electron chi connectivity index (χ4n) is 1.79. The van der Waals surface area contributed by atoms with E-state index in [2.05, 4.69) is 0 Å². The van der Waals surface area contributed by atoms with E-state index in [1.807, 2.05) is 38.1 Å². The summed E-state index contributed by atoms with van der Waals surface area (Å²) in [7, 11) is 0.